The molecule has 5 aliphatic carbocycles. The van der Waals surface area contributed by atoms with E-state index in [0.717, 1.165) is 38.0 Å². The molecule has 1 unspecified atom stereocenters. The maximum atomic E-state index is 12.0. The van der Waals surface area contributed by atoms with Crippen LogP contribution in [0, 0.1) is 28.1 Å². The molecule has 3 fully saturated rings. The fraction of sp³-hybridized carbons (Fsp3) is 0.800. The summed E-state index contributed by atoms with van der Waals surface area (Å²) in [6.07, 6.45) is 16.1. The Hall–Kier alpha value is -0.930. The zero-order valence-electron chi connectivity index (χ0n) is 17.7. The Labute approximate surface area is 168 Å². The van der Waals surface area contributed by atoms with Crippen molar-refractivity contribution in [2.75, 3.05) is 0 Å². The number of hydrogen-bond acceptors (Lipinski definition) is 3. The molecule has 6 aliphatic rings. The van der Waals surface area contributed by atoms with Gasteiger partial charge in [-0.15, -0.1) is 0 Å². The van der Waals surface area contributed by atoms with E-state index in [1.165, 1.54) is 37.7 Å². The molecule has 3 nitrogen and oxygen atoms in total. The number of Topliss-reactive ketones (excluding diaryl/α,β-unsaturated/α-hetero) is 1. The van der Waals surface area contributed by atoms with E-state index in [9.17, 15) is 4.79 Å². The second kappa shape index (κ2) is 5.40. The van der Waals surface area contributed by atoms with Gasteiger partial charge >= 0.3 is 0 Å². The summed E-state index contributed by atoms with van der Waals surface area (Å²) in [5, 5.41) is 0. The van der Waals surface area contributed by atoms with Crippen molar-refractivity contribution in [3.63, 3.8) is 0 Å². The van der Waals surface area contributed by atoms with E-state index in [-0.39, 0.29) is 17.1 Å². The van der Waals surface area contributed by atoms with Crippen molar-refractivity contribution in [3.8, 4) is 0 Å². The molecule has 1 saturated heterocycles. The minimum Gasteiger partial charge on any atom is -0.320 e. The van der Waals surface area contributed by atoms with Gasteiger partial charge in [-0.25, -0.2) is 0 Å². The van der Waals surface area contributed by atoms with Crippen molar-refractivity contribution < 1.29 is 14.3 Å². The van der Waals surface area contributed by atoms with Crippen LogP contribution in [0.4, 0.5) is 0 Å². The fourth-order valence-corrected chi connectivity index (χ4v) is 9.14. The van der Waals surface area contributed by atoms with Crippen molar-refractivity contribution >= 4 is 5.78 Å². The molecule has 28 heavy (non-hydrogen) atoms. The smallest absolute Gasteiger partial charge is 0.183 e. The van der Waals surface area contributed by atoms with Crippen LogP contribution in [-0.4, -0.2) is 17.9 Å². The predicted octanol–water partition coefficient (Wildman–Crippen LogP) is 5.70. The number of allylic oxidation sites excluding steroid dienone is 3. The maximum absolute atomic E-state index is 12.0. The predicted molar refractivity (Wildman–Crippen MR) is 107 cm³/mol. The lowest BCUT2D eigenvalue weighted by Crippen LogP contribution is -2.66. The van der Waals surface area contributed by atoms with Crippen molar-refractivity contribution in [3.05, 3.63) is 23.3 Å². The molecule has 2 saturated carbocycles. The molecular formula is C25H34O3. The van der Waals surface area contributed by atoms with E-state index in [1.807, 2.05) is 6.92 Å². The summed E-state index contributed by atoms with van der Waals surface area (Å²) in [4.78, 5) is 12.0. The lowest BCUT2D eigenvalue weighted by Gasteiger charge is -2.63. The Balaban J connectivity index is 1.41. The van der Waals surface area contributed by atoms with E-state index in [0.29, 0.717) is 17.1 Å². The molecule has 0 aromatic carbocycles. The molecular weight excluding hydrogens is 348 g/mol. The fourth-order valence-electron chi connectivity index (χ4n) is 9.14. The molecule has 0 aromatic rings. The van der Waals surface area contributed by atoms with Gasteiger partial charge in [0.05, 0.1) is 0 Å². The van der Waals surface area contributed by atoms with Gasteiger partial charge < -0.3 is 9.47 Å². The molecule has 1 aliphatic heterocycles. The second-order valence-electron chi connectivity index (χ2n) is 10.7. The van der Waals surface area contributed by atoms with E-state index in [1.54, 1.807) is 5.57 Å². The van der Waals surface area contributed by atoms with Crippen LogP contribution in [0.3, 0.4) is 0 Å². The van der Waals surface area contributed by atoms with Gasteiger partial charge in [-0.3, -0.25) is 4.79 Å². The summed E-state index contributed by atoms with van der Waals surface area (Å²) in [7, 11) is 0. The van der Waals surface area contributed by atoms with Gasteiger partial charge in [0.1, 0.15) is 5.78 Å². The van der Waals surface area contributed by atoms with Gasteiger partial charge in [-0.05, 0) is 81.0 Å². The molecule has 152 valence electrons. The summed E-state index contributed by atoms with van der Waals surface area (Å²) < 4.78 is 12.8. The largest absolute Gasteiger partial charge is 0.320 e. The Morgan fingerprint density at radius 3 is 2.57 bits per heavy atom. The van der Waals surface area contributed by atoms with Crippen LogP contribution in [0.1, 0.15) is 85.0 Å². The summed E-state index contributed by atoms with van der Waals surface area (Å²) in [6, 6.07) is 0. The number of ether oxygens (including phenoxy) is 2. The van der Waals surface area contributed by atoms with Crippen molar-refractivity contribution in [1.29, 1.82) is 0 Å². The van der Waals surface area contributed by atoms with E-state index >= 15 is 0 Å². The monoisotopic (exact) mass is 382 g/mol. The lowest BCUT2D eigenvalue weighted by atomic mass is 9.45. The number of hydrogen-bond donors (Lipinski definition) is 0. The Morgan fingerprint density at radius 1 is 1.07 bits per heavy atom. The number of fused-ring (bicyclic) bond motifs is 2. The van der Waals surface area contributed by atoms with Crippen LogP contribution >= 0.6 is 0 Å². The summed E-state index contributed by atoms with van der Waals surface area (Å²) in [5.41, 5.74) is 3.78. The molecule has 0 radical (unpaired) electrons. The summed E-state index contributed by atoms with van der Waals surface area (Å²) in [5.74, 6) is 1.50. The standard InChI is InChI=1S/C25H34O3/c1-4-25(27-16(2)28-25)24-13-11-23(12-14-24)21-8-5-17-15-18(26)6-7-19(17)20(21)9-10-22(23,24)3/h11,13,16,20-21H,4-10,12,14-15H2,1-3H3/t16?,20-,21-,22+,23?,24-,25?/m1/s1. The van der Waals surface area contributed by atoms with Crippen LogP contribution in [-0.2, 0) is 14.3 Å². The number of rotatable bonds is 2. The van der Waals surface area contributed by atoms with Gasteiger partial charge in [0.2, 0.25) is 0 Å². The first-order chi connectivity index (χ1) is 13.4. The van der Waals surface area contributed by atoms with Crippen LogP contribution in [0.15, 0.2) is 23.3 Å². The van der Waals surface area contributed by atoms with Crippen molar-refractivity contribution in [2.45, 2.75) is 97.1 Å². The Morgan fingerprint density at radius 2 is 1.89 bits per heavy atom. The molecule has 0 amide bonds. The van der Waals surface area contributed by atoms with Crippen molar-refractivity contribution in [2.24, 2.45) is 28.1 Å². The van der Waals surface area contributed by atoms with Gasteiger partial charge in [0, 0.05) is 18.3 Å². The van der Waals surface area contributed by atoms with E-state index in [4.69, 9.17) is 9.47 Å². The Kier molecular flexibility index (Phi) is 3.45. The first kappa shape index (κ1) is 17.9. The first-order valence-electron chi connectivity index (χ1n) is 11.7. The van der Waals surface area contributed by atoms with Gasteiger partial charge in [-0.2, -0.15) is 0 Å². The maximum Gasteiger partial charge on any atom is 0.183 e. The zero-order valence-corrected chi connectivity index (χ0v) is 17.7. The lowest BCUT2D eigenvalue weighted by molar-refractivity contribution is -0.486. The van der Waals surface area contributed by atoms with Gasteiger partial charge in [-0.1, -0.05) is 37.1 Å². The quantitative estimate of drug-likeness (QED) is 0.575. The highest BCUT2D eigenvalue weighted by Crippen LogP contribution is 2.81. The number of ketones is 1. The molecule has 0 aromatic heterocycles. The molecule has 1 heterocycles. The van der Waals surface area contributed by atoms with Gasteiger partial charge in [0.25, 0.3) is 0 Å². The highest BCUT2D eigenvalue weighted by molar-refractivity contribution is 5.82. The first-order valence-corrected chi connectivity index (χ1v) is 11.7. The molecule has 2 bridgehead atoms. The van der Waals surface area contributed by atoms with Crippen molar-refractivity contribution in [1.82, 2.24) is 0 Å². The van der Waals surface area contributed by atoms with Gasteiger partial charge in [0.15, 0.2) is 12.1 Å². The number of carbonyl (C=O) groups is 1. The molecule has 0 spiro atoms. The molecule has 3 heteroatoms. The average molecular weight is 383 g/mol. The Bertz CT molecular complexity index is 803. The highest BCUT2D eigenvalue weighted by Gasteiger charge is 2.78. The van der Waals surface area contributed by atoms with Crippen LogP contribution < -0.4 is 0 Å². The van der Waals surface area contributed by atoms with E-state index in [2.05, 4.69) is 26.0 Å². The third kappa shape index (κ3) is 1.75. The minimum atomic E-state index is -0.418. The molecule has 0 N–H and O–H groups in total. The third-order valence-corrected chi connectivity index (χ3v) is 10.3. The third-order valence-electron chi connectivity index (χ3n) is 10.3. The summed E-state index contributed by atoms with van der Waals surface area (Å²) >= 11 is 0. The van der Waals surface area contributed by atoms with Crippen LogP contribution in [0.25, 0.3) is 0 Å². The molecule has 6 rings (SSSR count). The highest BCUT2D eigenvalue weighted by atomic mass is 16.9. The second-order valence-corrected chi connectivity index (χ2v) is 10.7. The minimum absolute atomic E-state index is 0.0312. The average Bonchev–Trinajstić information content (AvgIpc) is 3.09. The summed E-state index contributed by atoms with van der Waals surface area (Å²) in [6.45, 7) is 6.83. The number of carbonyl (C=O) groups excluding carboxylic acids is 1. The SMILES string of the molecule is CCC1([C@]23C=CC4(CC2)[C@@H]2CCC5=C(CCC(=O)C5)[C@H]2CC[C@@]43C)OC(C)O1. The normalized spacial score (nSPS) is 54.2. The zero-order chi connectivity index (χ0) is 19.4. The van der Waals surface area contributed by atoms with Crippen LogP contribution in [0.5, 0.6) is 0 Å². The topological polar surface area (TPSA) is 35.5 Å². The molecule has 5 atom stereocenters. The van der Waals surface area contributed by atoms with Crippen LogP contribution in [0.2, 0.25) is 0 Å². The van der Waals surface area contributed by atoms with E-state index < -0.39 is 5.79 Å².